The highest BCUT2D eigenvalue weighted by molar-refractivity contribution is 5.85. The molecule has 0 heterocycles. The lowest BCUT2D eigenvalue weighted by molar-refractivity contribution is -0.131. The monoisotopic (exact) mass is 258 g/mol. The fraction of sp³-hybridized carbons (Fsp3) is 0.312. The maximum atomic E-state index is 10.9. The van der Waals surface area contributed by atoms with Crippen LogP contribution in [0.3, 0.4) is 0 Å². The van der Waals surface area contributed by atoms with Crippen LogP contribution in [0.5, 0.6) is 5.75 Å². The Morgan fingerprint density at radius 2 is 1.84 bits per heavy atom. The van der Waals surface area contributed by atoms with Gasteiger partial charge in [-0.05, 0) is 48.4 Å². The predicted octanol–water partition coefficient (Wildman–Crippen LogP) is 3.86. The summed E-state index contributed by atoms with van der Waals surface area (Å²) in [5.74, 6) is 0.270. The highest BCUT2D eigenvalue weighted by atomic mass is 16.5. The van der Waals surface area contributed by atoms with E-state index in [2.05, 4.69) is 6.07 Å². The van der Waals surface area contributed by atoms with Gasteiger partial charge in [-0.3, -0.25) is 4.79 Å². The third-order valence-corrected chi connectivity index (χ3v) is 2.98. The molecule has 0 spiro atoms. The van der Waals surface area contributed by atoms with Crippen LogP contribution in [0.1, 0.15) is 32.4 Å². The summed E-state index contributed by atoms with van der Waals surface area (Å²) in [6.07, 6.45) is 0.0857. The van der Waals surface area contributed by atoms with Crippen molar-refractivity contribution in [3.05, 3.63) is 42.0 Å². The Labute approximate surface area is 113 Å². The Hall–Kier alpha value is -1.87. The number of carbonyl (C=O) groups excluding carboxylic acids is 1. The fourth-order valence-electron chi connectivity index (χ4n) is 2.07. The molecule has 2 aromatic carbocycles. The Morgan fingerprint density at radius 3 is 2.53 bits per heavy atom. The van der Waals surface area contributed by atoms with E-state index in [1.54, 1.807) is 6.07 Å². The van der Waals surface area contributed by atoms with E-state index in [1.165, 1.54) is 6.92 Å². The van der Waals surface area contributed by atoms with E-state index in [0.29, 0.717) is 12.4 Å². The van der Waals surface area contributed by atoms with Crippen LogP contribution >= 0.6 is 0 Å². The molecule has 19 heavy (non-hydrogen) atoms. The van der Waals surface area contributed by atoms with Crippen molar-refractivity contribution in [2.24, 2.45) is 0 Å². The van der Waals surface area contributed by atoms with Gasteiger partial charge in [0.05, 0.1) is 6.10 Å². The Kier molecular flexibility index (Phi) is 4.17. The van der Waals surface area contributed by atoms with Gasteiger partial charge in [-0.1, -0.05) is 18.2 Å². The molecule has 3 heteroatoms. The molecule has 1 unspecified atom stereocenters. The molecule has 0 aliphatic rings. The van der Waals surface area contributed by atoms with Gasteiger partial charge in [0, 0.05) is 13.5 Å². The van der Waals surface area contributed by atoms with Gasteiger partial charge in [-0.2, -0.15) is 0 Å². The van der Waals surface area contributed by atoms with E-state index in [1.807, 2.05) is 38.1 Å². The SMILES string of the molecule is CCOC(C)c1ccc2cc(OC(C)=O)ccc2c1. The smallest absolute Gasteiger partial charge is 0.308 e. The lowest BCUT2D eigenvalue weighted by Gasteiger charge is -2.13. The lowest BCUT2D eigenvalue weighted by atomic mass is 10.0. The van der Waals surface area contributed by atoms with E-state index in [9.17, 15) is 4.79 Å². The first-order valence-electron chi connectivity index (χ1n) is 6.44. The van der Waals surface area contributed by atoms with Crippen molar-refractivity contribution in [3.63, 3.8) is 0 Å². The Morgan fingerprint density at radius 1 is 1.16 bits per heavy atom. The van der Waals surface area contributed by atoms with Crippen molar-refractivity contribution in [3.8, 4) is 5.75 Å². The first kappa shape index (κ1) is 13.6. The van der Waals surface area contributed by atoms with Crippen molar-refractivity contribution in [2.45, 2.75) is 26.9 Å². The minimum absolute atomic E-state index is 0.0857. The molecule has 0 aliphatic carbocycles. The molecule has 0 saturated heterocycles. The number of rotatable bonds is 4. The van der Waals surface area contributed by atoms with E-state index in [-0.39, 0.29) is 12.1 Å². The molecule has 1 atom stereocenters. The Balaban J connectivity index is 2.32. The van der Waals surface area contributed by atoms with Gasteiger partial charge < -0.3 is 9.47 Å². The summed E-state index contributed by atoms with van der Waals surface area (Å²) in [6.45, 7) is 6.13. The van der Waals surface area contributed by atoms with Crippen molar-refractivity contribution in [1.82, 2.24) is 0 Å². The van der Waals surface area contributed by atoms with Crippen molar-refractivity contribution >= 4 is 16.7 Å². The quantitative estimate of drug-likeness (QED) is 0.617. The third kappa shape index (κ3) is 3.32. The molecule has 0 aromatic heterocycles. The fourth-order valence-corrected chi connectivity index (χ4v) is 2.07. The van der Waals surface area contributed by atoms with Gasteiger partial charge in [0.15, 0.2) is 0 Å². The second kappa shape index (κ2) is 5.85. The van der Waals surface area contributed by atoms with E-state index in [4.69, 9.17) is 9.47 Å². The summed E-state index contributed by atoms with van der Waals surface area (Å²) in [4.78, 5) is 10.9. The summed E-state index contributed by atoms with van der Waals surface area (Å²) in [5.41, 5.74) is 1.15. The normalized spacial score (nSPS) is 12.4. The maximum Gasteiger partial charge on any atom is 0.308 e. The molecule has 2 aromatic rings. The van der Waals surface area contributed by atoms with Gasteiger partial charge in [-0.15, -0.1) is 0 Å². The van der Waals surface area contributed by atoms with Gasteiger partial charge in [0.2, 0.25) is 0 Å². The number of fused-ring (bicyclic) bond motifs is 1. The van der Waals surface area contributed by atoms with Crippen molar-refractivity contribution in [2.75, 3.05) is 6.61 Å². The minimum atomic E-state index is -0.305. The zero-order chi connectivity index (χ0) is 13.8. The first-order valence-corrected chi connectivity index (χ1v) is 6.44. The third-order valence-electron chi connectivity index (χ3n) is 2.98. The molecule has 0 saturated carbocycles. The molecule has 0 aliphatic heterocycles. The van der Waals surface area contributed by atoms with Crippen LogP contribution in [0.2, 0.25) is 0 Å². The molecular formula is C16H18O3. The lowest BCUT2D eigenvalue weighted by Crippen LogP contribution is -2.01. The second-order valence-corrected chi connectivity index (χ2v) is 4.46. The number of esters is 1. The van der Waals surface area contributed by atoms with Crippen LogP contribution in [0.15, 0.2) is 36.4 Å². The molecule has 0 radical (unpaired) electrons. The number of hydrogen-bond donors (Lipinski definition) is 0. The number of carbonyl (C=O) groups is 1. The molecule has 100 valence electrons. The van der Waals surface area contributed by atoms with Crippen LogP contribution in [0.4, 0.5) is 0 Å². The van der Waals surface area contributed by atoms with Crippen molar-refractivity contribution in [1.29, 1.82) is 0 Å². The number of benzene rings is 2. The first-order chi connectivity index (χ1) is 9.10. The topological polar surface area (TPSA) is 35.5 Å². The molecule has 0 amide bonds. The number of ether oxygens (including phenoxy) is 2. The van der Waals surface area contributed by atoms with Crippen LogP contribution < -0.4 is 4.74 Å². The van der Waals surface area contributed by atoms with Crippen LogP contribution in [-0.2, 0) is 9.53 Å². The van der Waals surface area contributed by atoms with Crippen LogP contribution in [0, 0.1) is 0 Å². The van der Waals surface area contributed by atoms with Crippen LogP contribution in [-0.4, -0.2) is 12.6 Å². The van der Waals surface area contributed by atoms with E-state index in [0.717, 1.165) is 16.3 Å². The summed E-state index contributed by atoms with van der Waals surface area (Å²) >= 11 is 0. The zero-order valence-corrected chi connectivity index (χ0v) is 11.5. The van der Waals surface area contributed by atoms with Crippen LogP contribution in [0.25, 0.3) is 10.8 Å². The van der Waals surface area contributed by atoms with Gasteiger partial charge in [0.25, 0.3) is 0 Å². The molecule has 0 fully saturated rings. The summed E-state index contributed by atoms with van der Waals surface area (Å²) in [6, 6.07) is 11.8. The average Bonchev–Trinajstić information content (AvgIpc) is 2.37. The molecule has 2 rings (SSSR count). The van der Waals surface area contributed by atoms with Gasteiger partial charge >= 0.3 is 5.97 Å². The Bertz CT molecular complexity index is 590. The molecule has 0 N–H and O–H groups in total. The van der Waals surface area contributed by atoms with Crippen molar-refractivity contribution < 1.29 is 14.3 Å². The molecule has 0 bridgehead atoms. The standard InChI is InChI=1S/C16H18O3/c1-4-18-11(2)13-5-6-15-10-16(19-12(3)17)8-7-14(15)9-13/h5-11H,4H2,1-3H3. The largest absolute Gasteiger partial charge is 0.427 e. The average molecular weight is 258 g/mol. The minimum Gasteiger partial charge on any atom is -0.427 e. The highest BCUT2D eigenvalue weighted by Crippen LogP contribution is 2.25. The second-order valence-electron chi connectivity index (χ2n) is 4.46. The number of hydrogen-bond acceptors (Lipinski definition) is 3. The highest BCUT2D eigenvalue weighted by Gasteiger charge is 2.06. The summed E-state index contributed by atoms with van der Waals surface area (Å²) in [7, 11) is 0. The summed E-state index contributed by atoms with van der Waals surface area (Å²) in [5, 5.41) is 2.16. The van der Waals surface area contributed by atoms with E-state index < -0.39 is 0 Å². The maximum absolute atomic E-state index is 10.9. The van der Waals surface area contributed by atoms with Gasteiger partial charge in [0.1, 0.15) is 5.75 Å². The predicted molar refractivity (Wildman–Crippen MR) is 75.3 cm³/mol. The zero-order valence-electron chi connectivity index (χ0n) is 11.5. The summed E-state index contributed by atoms with van der Waals surface area (Å²) < 4.78 is 10.7. The van der Waals surface area contributed by atoms with Gasteiger partial charge in [-0.25, -0.2) is 0 Å². The van der Waals surface area contributed by atoms with E-state index >= 15 is 0 Å². The molecule has 3 nitrogen and oxygen atoms in total. The molecular weight excluding hydrogens is 240 g/mol.